The molecule has 0 rings (SSSR count). The van der Waals surface area contributed by atoms with Crippen LogP contribution in [0.5, 0.6) is 0 Å². The van der Waals surface area contributed by atoms with Gasteiger partial charge in [0.15, 0.2) is 0 Å². The third-order valence-electron chi connectivity index (χ3n) is 0.118. The minimum atomic E-state index is -1.18. The molecular weight excluding hydrogens is 128 g/mol. The van der Waals surface area contributed by atoms with E-state index in [9.17, 15) is 0 Å². The summed E-state index contributed by atoms with van der Waals surface area (Å²) in [6, 6.07) is 0. The number of carboxylic acid groups (broad SMARTS) is 1. The van der Waals surface area contributed by atoms with Crippen LogP contribution >= 0.6 is 0 Å². The van der Waals surface area contributed by atoms with Gasteiger partial charge in [0.1, 0.15) is 0 Å². The summed E-state index contributed by atoms with van der Waals surface area (Å²) in [4.78, 5) is 9.15. The van der Waals surface area contributed by atoms with E-state index in [2.05, 4.69) is 12.6 Å². The van der Waals surface area contributed by atoms with Gasteiger partial charge in [-0.2, -0.15) is 0 Å². The van der Waals surface area contributed by atoms with E-state index in [4.69, 9.17) is 9.90 Å². The first-order valence-corrected chi connectivity index (χ1v) is 1.63. The van der Waals surface area contributed by atoms with Crippen LogP contribution in [-0.2, 0) is 17.4 Å². The van der Waals surface area contributed by atoms with Crippen LogP contribution < -0.4 is 5.11 Å². The molecule has 0 heterocycles. The predicted octanol–water partition coefficient (Wildman–Crippen LogP) is -2.10. The summed E-state index contributed by atoms with van der Waals surface area (Å²) >= 11 is 4.01. The zero-order chi connectivity index (χ0) is 4.28. The number of carboxylic acids is 1. The van der Waals surface area contributed by atoms with Crippen LogP contribution in [0, 0.1) is 0 Å². The number of aliphatic carboxylic acids is 1. The van der Waals surface area contributed by atoms with E-state index in [0.717, 1.165) is 0 Å². The summed E-state index contributed by atoms with van der Waals surface area (Å²) in [7, 11) is 0. The first-order valence-electron chi connectivity index (χ1n) is 1.05. The maximum absolute atomic E-state index is 9.15. The van der Waals surface area contributed by atoms with Crippen LogP contribution in [-0.4, -0.2) is 49.5 Å². The Labute approximate surface area is 71.3 Å². The fraction of sp³-hybridized carbons (Fsp3) is 0.500. The second kappa shape index (κ2) is 6.08. The molecule has 0 aliphatic heterocycles. The Morgan fingerprint density at radius 3 is 2.00 bits per heavy atom. The molecule has 0 aromatic heterocycles. The molecule has 0 aliphatic carbocycles. The van der Waals surface area contributed by atoms with Crippen molar-refractivity contribution >= 4 is 56.3 Å². The van der Waals surface area contributed by atoms with Crippen LogP contribution in [0.2, 0.25) is 0 Å². The number of rotatable bonds is 1. The Kier molecular flexibility index (Phi) is 10.3. The van der Waals surface area contributed by atoms with Crippen LogP contribution in [0.25, 0.3) is 0 Å². The molecule has 0 aromatic carbocycles. The SMILES string of the molecule is O=C([O-])C[S-].[Ca+2]. The molecule has 0 spiro atoms. The summed E-state index contributed by atoms with van der Waals surface area (Å²) in [5.41, 5.74) is 0. The molecule has 0 fully saturated rings. The van der Waals surface area contributed by atoms with Gasteiger partial charge in [-0.3, -0.25) is 0 Å². The van der Waals surface area contributed by atoms with E-state index >= 15 is 0 Å². The average molecular weight is 130 g/mol. The number of hydrogen-bond acceptors (Lipinski definition) is 3. The van der Waals surface area contributed by atoms with Crippen molar-refractivity contribution in [3.63, 3.8) is 0 Å². The normalized spacial score (nSPS) is 6.17. The molecule has 2 nitrogen and oxygen atoms in total. The molecule has 4 heteroatoms. The molecule has 0 unspecified atom stereocenters. The Morgan fingerprint density at radius 1 is 1.83 bits per heavy atom. The molecular formula is C2H2CaO2S. The zero-order valence-electron chi connectivity index (χ0n) is 3.14. The fourth-order valence-corrected chi connectivity index (χ4v) is 0. The molecule has 0 amide bonds. The first kappa shape index (κ1) is 10.1. The van der Waals surface area contributed by atoms with Crippen LogP contribution in [0.1, 0.15) is 0 Å². The number of carbonyl (C=O) groups is 1. The summed E-state index contributed by atoms with van der Waals surface area (Å²) in [6.45, 7) is 0. The second-order valence-electron chi connectivity index (χ2n) is 0.516. The molecule has 6 heavy (non-hydrogen) atoms. The molecule has 0 atom stereocenters. The van der Waals surface area contributed by atoms with Gasteiger partial charge in [0.05, 0.1) is 0 Å². The summed E-state index contributed by atoms with van der Waals surface area (Å²) < 4.78 is 0. The Bertz CT molecular complexity index is 46.8. The first-order chi connectivity index (χ1) is 2.27. The summed E-state index contributed by atoms with van der Waals surface area (Å²) in [5.74, 6) is -1.49. The Hall–Kier alpha value is 1.08. The maximum atomic E-state index is 9.15. The minimum absolute atomic E-state index is 0. The standard InChI is InChI=1S/C2H4O2S.Ca/c3-2(4)1-5;/h5H,1H2,(H,3,4);/q;+2/p-2. The van der Waals surface area contributed by atoms with Crippen LogP contribution in [0.3, 0.4) is 0 Å². The topological polar surface area (TPSA) is 40.1 Å². The van der Waals surface area contributed by atoms with Crippen molar-refractivity contribution in [2.75, 3.05) is 5.75 Å². The summed E-state index contributed by atoms with van der Waals surface area (Å²) in [5, 5.41) is 9.15. The van der Waals surface area contributed by atoms with Gasteiger partial charge >= 0.3 is 37.7 Å². The van der Waals surface area contributed by atoms with E-state index < -0.39 is 5.97 Å². The second-order valence-corrected chi connectivity index (χ2v) is 0.805. The quantitative estimate of drug-likeness (QED) is 0.301. The predicted molar refractivity (Wildman–Crippen MR) is 23.0 cm³/mol. The van der Waals surface area contributed by atoms with Gasteiger partial charge in [-0.05, 0) is 0 Å². The van der Waals surface area contributed by atoms with Gasteiger partial charge in [0.2, 0.25) is 0 Å². The van der Waals surface area contributed by atoms with Crippen molar-refractivity contribution in [3.05, 3.63) is 0 Å². The minimum Gasteiger partial charge on any atom is -0.787 e. The fourth-order valence-electron chi connectivity index (χ4n) is 0. The van der Waals surface area contributed by atoms with Gasteiger partial charge in [-0.1, -0.05) is 0 Å². The van der Waals surface area contributed by atoms with Crippen molar-refractivity contribution in [2.45, 2.75) is 0 Å². The molecule has 30 valence electrons. The number of carbonyl (C=O) groups excluding carboxylic acids is 1. The zero-order valence-corrected chi connectivity index (χ0v) is 6.16. The van der Waals surface area contributed by atoms with E-state index in [-0.39, 0.29) is 43.5 Å². The molecule has 0 aliphatic rings. The molecule has 0 aromatic rings. The van der Waals surface area contributed by atoms with Gasteiger partial charge < -0.3 is 22.5 Å². The van der Waals surface area contributed by atoms with Gasteiger partial charge in [0, 0.05) is 5.97 Å². The average Bonchev–Trinajstić information content (AvgIpc) is 1.38. The van der Waals surface area contributed by atoms with E-state index in [1.807, 2.05) is 0 Å². The number of hydrogen-bond donors (Lipinski definition) is 0. The van der Waals surface area contributed by atoms with Crippen molar-refractivity contribution in [3.8, 4) is 0 Å². The molecule has 0 bridgehead atoms. The van der Waals surface area contributed by atoms with E-state index in [1.54, 1.807) is 0 Å². The monoisotopic (exact) mass is 130 g/mol. The van der Waals surface area contributed by atoms with Crippen molar-refractivity contribution < 1.29 is 9.90 Å². The van der Waals surface area contributed by atoms with Gasteiger partial charge in [0.25, 0.3) is 0 Å². The largest absolute Gasteiger partial charge is 2.00 e. The third kappa shape index (κ3) is 8.91. The Balaban J connectivity index is 0. The van der Waals surface area contributed by atoms with Crippen molar-refractivity contribution in [1.29, 1.82) is 0 Å². The van der Waals surface area contributed by atoms with Gasteiger partial charge in [-0.15, -0.1) is 5.75 Å². The van der Waals surface area contributed by atoms with Crippen LogP contribution in [0.4, 0.5) is 0 Å². The molecule has 0 saturated heterocycles. The van der Waals surface area contributed by atoms with Crippen molar-refractivity contribution in [1.82, 2.24) is 0 Å². The van der Waals surface area contributed by atoms with Crippen molar-refractivity contribution in [2.24, 2.45) is 0 Å². The van der Waals surface area contributed by atoms with E-state index in [0.29, 0.717) is 0 Å². The third-order valence-corrected chi connectivity index (χ3v) is 0.354. The summed E-state index contributed by atoms with van der Waals surface area (Å²) in [6.07, 6.45) is 0. The molecule has 0 saturated carbocycles. The molecule has 0 N–H and O–H groups in total. The maximum Gasteiger partial charge on any atom is 2.00 e. The van der Waals surface area contributed by atoms with Crippen LogP contribution in [0.15, 0.2) is 0 Å². The smallest absolute Gasteiger partial charge is 0.787 e. The Morgan fingerprint density at radius 2 is 2.00 bits per heavy atom. The van der Waals surface area contributed by atoms with E-state index in [1.165, 1.54) is 0 Å². The molecule has 0 radical (unpaired) electrons. The van der Waals surface area contributed by atoms with Gasteiger partial charge in [-0.25, -0.2) is 0 Å².